The van der Waals surface area contributed by atoms with Gasteiger partial charge in [-0.15, -0.1) is 0 Å². The predicted molar refractivity (Wildman–Crippen MR) is 101 cm³/mol. The average Bonchev–Trinajstić information content (AvgIpc) is 2.93. The van der Waals surface area contributed by atoms with Crippen LogP contribution in [0.3, 0.4) is 0 Å². The highest BCUT2D eigenvalue weighted by Gasteiger charge is 2.27. The molecule has 0 aromatic heterocycles. The van der Waals surface area contributed by atoms with Gasteiger partial charge in [0.2, 0.25) is 0 Å². The van der Waals surface area contributed by atoms with Crippen molar-refractivity contribution in [3.8, 4) is 5.75 Å². The number of hydrogen-bond acceptors (Lipinski definition) is 4. The van der Waals surface area contributed by atoms with Crippen LogP contribution >= 0.6 is 11.6 Å². The Labute approximate surface area is 156 Å². The van der Waals surface area contributed by atoms with Crippen molar-refractivity contribution in [1.29, 1.82) is 0 Å². The van der Waals surface area contributed by atoms with Crippen molar-refractivity contribution in [3.63, 3.8) is 0 Å². The first kappa shape index (κ1) is 18.0. The van der Waals surface area contributed by atoms with E-state index in [2.05, 4.69) is 0 Å². The maximum atomic E-state index is 12.7. The fourth-order valence-electron chi connectivity index (χ4n) is 2.73. The monoisotopic (exact) mass is 368 g/mol. The Bertz CT molecular complexity index is 941. The van der Waals surface area contributed by atoms with E-state index in [1.807, 2.05) is 19.1 Å². The topological polar surface area (TPSA) is 52.6 Å². The first-order valence-electron chi connectivity index (χ1n) is 8.17. The van der Waals surface area contributed by atoms with Gasteiger partial charge in [-0.2, -0.15) is 0 Å². The molecule has 4 nitrogen and oxygen atoms in total. The van der Waals surface area contributed by atoms with Crippen LogP contribution in [0.2, 0.25) is 5.02 Å². The lowest BCUT2D eigenvalue weighted by molar-refractivity contribution is -0.137. The summed E-state index contributed by atoms with van der Waals surface area (Å²) in [6, 6.07) is 12.4. The van der Waals surface area contributed by atoms with Crippen molar-refractivity contribution in [2.24, 2.45) is 0 Å². The van der Waals surface area contributed by atoms with Gasteiger partial charge in [0.1, 0.15) is 5.75 Å². The highest BCUT2D eigenvalue weighted by molar-refractivity contribution is 6.31. The molecule has 0 heterocycles. The molecule has 2 aromatic rings. The van der Waals surface area contributed by atoms with E-state index in [1.54, 1.807) is 43.3 Å². The van der Waals surface area contributed by atoms with Gasteiger partial charge in [-0.05, 0) is 60.9 Å². The van der Waals surface area contributed by atoms with Crippen LogP contribution in [0.25, 0.3) is 11.6 Å². The molecular formula is C21H17ClO4. The van der Waals surface area contributed by atoms with Crippen molar-refractivity contribution in [3.05, 3.63) is 75.8 Å². The van der Waals surface area contributed by atoms with Crippen LogP contribution < -0.4 is 4.74 Å². The van der Waals surface area contributed by atoms with E-state index in [-0.39, 0.29) is 12.2 Å². The number of aryl methyl sites for hydroxylation is 1. The summed E-state index contributed by atoms with van der Waals surface area (Å²) in [5, 5.41) is 0.514. The van der Waals surface area contributed by atoms with Crippen LogP contribution in [-0.4, -0.2) is 18.5 Å². The summed E-state index contributed by atoms with van der Waals surface area (Å²) in [4.78, 5) is 24.7. The van der Waals surface area contributed by atoms with Gasteiger partial charge in [-0.3, -0.25) is 0 Å². The zero-order valence-corrected chi connectivity index (χ0v) is 15.2. The molecule has 0 spiro atoms. The number of benzene rings is 2. The van der Waals surface area contributed by atoms with Crippen LogP contribution in [-0.2, 0) is 14.3 Å². The molecule has 0 amide bonds. The number of esters is 2. The molecule has 132 valence electrons. The summed E-state index contributed by atoms with van der Waals surface area (Å²) in [7, 11) is 0. The van der Waals surface area contributed by atoms with Crippen LogP contribution in [0.1, 0.15) is 23.6 Å². The van der Waals surface area contributed by atoms with E-state index in [0.29, 0.717) is 21.9 Å². The van der Waals surface area contributed by atoms with E-state index in [1.165, 1.54) is 6.08 Å². The fraction of sp³-hybridized carbons (Fsp3) is 0.143. The first-order valence-corrected chi connectivity index (χ1v) is 8.55. The molecule has 26 heavy (non-hydrogen) atoms. The van der Waals surface area contributed by atoms with Gasteiger partial charge in [-0.25, -0.2) is 9.59 Å². The third-order valence-corrected chi connectivity index (χ3v) is 4.10. The molecule has 0 saturated carbocycles. The predicted octanol–water partition coefficient (Wildman–Crippen LogP) is 4.60. The smallest absolute Gasteiger partial charge is 0.344 e. The molecule has 0 N–H and O–H groups in total. The Morgan fingerprint density at radius 3 is 2.69 bits per heavy atom. The molecule has 0 bridgehead atoms. The summed E-state index contributed by atoms with van der Waals surface area (Å²) in [5.41, 5.74) is 3.20. The van der Waals surface area contributed by atoms with Gasteiger partial charge in [0.25, 0.3) is 0 Å². The van der Waals surface area contributed by atoms with Crippen molar-refractivity contribution in [1.82, 2.24) is 0 Å². The third-order valence-electron chi connectivity index (χ3n) is 3.86. The quantitative estimate of drug-likeness (QED) is 0.449. The van der Waals surface area contributed by atoms with Crippen molar-refractivity contribution in [2.45, 2.75) is 13.8 Å². The van der Waals surface area contributed by atoms with E-state index in [9.17, 15) is 9.59 Å². The van der Waals surface area contributed by atoms with Crippen LogP contribution in [0.4, 0.5) is 0 Å². The van der Waals surface area contributed by atoms with Crippen LogP contribution in [0, 0.1) is 6.92 Å². The zero-order chi connectivity index (χ0) is 18.7. The second-order valence-corrected chi connectivity index (χ2v) is 6.24. The average molecular weight is 369 g/mol. The van der Waals surface area contributed by atoms with Crippen molar-refractivity contribution >= 4 is 35.2 Å². The minimum absolute atomic E-state index is 0.248. The van der Waals surface area contributed by atoms with E-state index in [4.69, 9.17) is 21.1 Å². The first-order chi connectivity index (χ1) is 12.5. The van der Waals surface area contributed by atoms with Crippen molar-refractivity contribution < 1.29 is 19.1 Å². The van der Waals surface area contributed by atoms with Crippen LogP contribution in [0.15, 0.2) is 54.1 Å². The minimum atomic E-state index is -0.543. The summed E-state index contributed by atoms with van der Waals surface area (Å²) >= 11 is 6.08. The summed E-state index contributed by atoms with van der Waals surface area (Å²) < 4.78 is 10.5. The molecule has 2 aromatic carbocycles. The van der Waals surface area contributed by atoms with Gasteiger partial charge in [0, 0.05) is 16.7 Å². The molecule has 1 aliphatic carbocycles. The summed E-state index contributed by atoms with van der Waals surface area (Å²) in [6.45, 7) is 3.88. The lowest BCUT2D eigenvalue weighted by atomic mass is 10.0. The molecule has 0 unspecified atom stereocenters. The second-order valence-electron chi connectivity index (χ2n) is 5.81. The Morgan fingerprint density at radius 1 is 1.15 bits per heavy atom. The molecular weight excluding hydrogens is 352 g/mol. The SMILES string of the molecule is CCOC(=O)/C=C1/C(C(=O)Oc2cccc(C)c2)=Cc2ccc(Cl)cc21. The van der Waals surface area contributed by atoms with Crippen molar-refractivity contribution in [2.75, 3.05) is 6.61 Å². The largest absolute Gasteiger partial charge is 0.463 e. The fourth-order valence-corrected chi connectivity index (χ4v) is 2.91. The second kappa shape index (κ2) is 7.58. The van der Waals surface area contributed by atoms with Gasteiger partial charge in [-0.1, -0.05) is 29.8 Å². The molecule has 0 radical (unpaired) electrons. The number of fused-ring (bicyclic) bond motifs is 1. The van der Waals surface area contributed by atoms with E-state index < -0.39 is 11.9 Å². The van der Waals surface area contributed by atoms with Crippen LogP contribution in [0.5, 0.6) is 5.75 Å². The minimum Gasteiger partial charge on any atom is -0.463 e. The number of hydrogen-bond donors (Lipinski definition) is 0. The maximum Gasteiger partial charge on any atom is 0.344 e. The zero-order valence-electron chi connectivity index (χ0n) is 14.4. The molecule has 1 aliphatic rings. The van der Waals surface area contributed by atoms with E-state index >= 15 is 0 Å². The lowest BCUT2D eigenvalue weighted by Crippen LogP contribution is -2.12. The number of halogens is 1. The normalized spacial score (nSPS) is 14.0. The third kappa shape index (κ3) is 3.86. The standard InChI is InChI=1S/C21H17ClO4/c1-3-25-20(23)12-18-17-11-15(22)8-7-14(17)10-19(18)21(24)26-16-6-4-5-13(2)9-16/h4-12H,3H2,1-2H3/b18-12+. The Kier molecular flexibility index (Phi) is 5.24. The molecule has 0 atom stereocenters. The molecule has 3 rings (SSSR count). The highest BCUT2D eigenvalue weighted by atomic mass is 35.5. The molecule has 0 aliphatic heterocycles. The molecule has 5 heteroatoms. The molecule has 0 fully saturated rings. The maximum absolute atomic E-state index is 12.7. The Hall–Kier alpha value is -2.85. The van der Waals surface area contributed by atoms with Gasteiger partial charge >= 0.3 is 11.9 Å². The lowest BCUT2D eigenvalue weighted by Gasteiger charge is -2.09. The highest BCUT2D eigenvalue weighted by Crippen LogP contribution is 2.37. The van der Waals surface area contributed by atoms with Gasteiger partial charge < -0.3 is 9.47 Å². The summed E-state index contributed by atoms with van der Waals surface area (Å²) in [6.07, 6.45) is 2.99. The van der Waals surface area contributed by atoms with E-state index in [0.717, 1.165) is 11.1 Å². The number of carbonyl (C=O) groups excluding carboxylic acids is 2. The Morgan fingerprint density at radius 2 is 1.96 bits per heavy atom. The molecule has 0 saturated heterocycles. The Balaban J connectivity index is 1.96. The summed E-state index contributed by atoms with van der Waals surface area (Å²) in [5.74, 6) is -0.622. The number of carbonyl (C=O) groups is 2. The van der Waals surface area contributed by atoms with Gasteiger partial charge in [0.15, 0.2) is 0 Å². The number of ether oxygens (including phenoxy) is 2. The number of rotatable bonds is 4. The van der Waals surface area contributed by atoms with Gasteiger partial charge in [0.05, 0.1) is 12.2 Å².